The molecule has 0 aliphatic carbocycles. The van der Waals surface area contributed by atoms with Crippen molar-refractivity contribution in [1.29, 1.82) is 0 Å². The van der Waals surface area contributed by atoms with Gasteiger partial charge in [-0.1, -0.05) is 31.6 Å². The van der Waals surface area contributed by atoms with Crippen molar-refractivity contribution >= 4 is 0 Å². The van der Waals surface area contributed by atoms with E-state index in [0.717, 1.165) is 38.8 Å². The van der Waals surface area contributed by atoms with Crippen molar-refractivity contribution in [3.8, 4) is 0 Å². The van der Waals surface area contributed by atoms with Gasteiger partial charge in [0.05, 0.1) is 11.7 Å². The molecule has 4 atom stereocenters. The number of fused-ring (bicyclic) bond motifs is 1. The summed E-state index contributed by atoms with van der Waals surface area (Å²) in [5, 5.41) is 10.8. The lowest BCUT2D eigenvalue weighted by molar-refractivity contribution is -0.0330. The van der Waals surface area contributed by atoms with Gasteiger partial charge in [0.15, 0.2) is 0 Å². The lowest BCUT2D eigenvalue weighted by atomic mass is 9.82. The summed E-state index contributed by atoms with van der Waals surface area (Å²) in [4.78, 5) is 2.47. The Labute approximate surface area is 142 Å². The molecule has 1 N–H and O–H groups in total. The molecule has 0 aromatic carbocycles. The van der Waals surface area contributed by atoms with Gasteiger partial charge >= 0.3 is 0 Å². The standard InChI is InChI=1S/C20H35NO2/c1-6-18(23-5)16(3)10-9-15(2)12-17-13-20(4,22)19-8-7-11-21(19)14-17/h10,12,15,18-19,22H,6-9,11,13-14H2,1-5H3. The van der Waals surface area contributed by atoms with Crippen LogP contribution in [-0.4, -0.2) is 48.0 Å². The van der Waals surface area contributed by atoms with Gasteiger partial charge in [-0.05, 0) is 64.0 Å². The number of hydrogen-bond acceptors (Lipinski definition) is 3. The van der Waals surface area contributed by atoms with Gasteiger partial charge in [-0.15, -0.1) is 0 Å². The number of nitrogens with zero attached hydrogens (tertiary/aromatic N) is 1. The van der Waals surface area contributed by atoms with Gasteiger partial charge in [0, 0.05) is 19.7 Å². The minimum Gasteiger partial charge on any atom is -0.388 e. The summed E-state index contributed by atoms with van der Waals surface area (Å²) in [5.74, 6) is 0.504. The molecule has 132 valence electrons. The fourth-order valence-electron chi connectivity index (χ4n) is 4.37. The van der Waals surface area contributed by atoms with Crippen molar-refractivity contribution in [3.63, 3.8) is 0 Å². The van der Waals surface area contributed by atoms with Crippen molar-refractivity contribution in [3.05, 3.63) is 23.3 Å². The van der Waals surface area contributed by atoms with E-state index in [9.17, 15) is 5.11 Å². The summed E-state index contributed by atoms with van der Waals surface area (Å²) in [6, 6.07) is 0.365. The minimum absolute atomic E-state index is 0.246. The van der Waals surface area contributed by atoms with E-state index in [2.05, 4.69) is 37.8 Å². The highest BCUT2D eigenvalue weighted by molar-refractivity contribution is 5.18. The molecule has 4 unspecified atom stereocenters. The fourth-order valence-corrected chi connectivity index (χ4v) is 4.37. The average molecular weight is 322 g/mol. The molecule has 3 nitrogen and oxygen atoms in total. The first-order chi connectivity index (χ1) is 10.9. The maximum Gasteiger partial charge on any atom is 0.0811 e. The van der Waals surface area contributed by atoms with E-state index in [1.54, 1.807) is 7.11 Å². The van der Waals surface area contributed by atoms with Gasteiger partial charge in [-0.3, -0.25) is 4.90 Å². The van der Waals surface area contributed by atoms with E-state index in [4.69, 9.17) is 4.74 Å². The molecule has 2 rings (SSSR count). The Bertz CT molecular complexity index is 449. The molecule has 0 amide bonds. The lowest BCUT2D eigenvalue weighted by Crippen LogP contribution is -2.52. The normalized spacial score (nSPS) is 33.7. The van der Waals surface area contributed by atoms with Crippen LogP contribution >= 0.6 is 0 Å². The zero-order valence-corrected chi connectivity index (χ0v) is 15.6. The van der Waals surface area contributed by atoms with Crippen LogP contribution in [0.5, 0.6) is 0 Å². The maximum atomic E-state index is 10.8. The molecule has 2 saturated heterocycles. The highest BCUT2D eigenvalue weighted by Gasteiger charge is 2.43. The smallest absolute Gasteiger partial charge is 0.0811 e. The topological polar surface area (TPSA) is 32.7 Å². The van der Waals surface area contributed by atoms with Crippen LogP contribution < -0.4 is 0 Å². The Kier molecular flexibility index (Phi) is 6.47. The zero-order chi connectivity index (χ0) is 17.0. The van der Waals surface area contributed by atoms with Gasteiger partial charge in [0.1, 0.15) is 0 Å². The lowest BCUT2D eigenvalue weighted by Gasteiger charge is -2.43. The SMILES string of the molecule is CCC(OC)C(C)=CCC(C)C=C1CN2CCCC2C(C)(O)C1. The number of hydrogen-bond donors (Lipinski definition) is 1. The van der Waals surface area contributed by atoms with E-state index < -0.39 is 5.60 Å². The monoisotopic (exact) mass is 321 g/mol. The number of allylic oxidation sites excluding steroid dienone is 2. The van der Waals surface area contributed by atoms with Gasteiger partial charge in [0.25, 0.3) is 0 Å². The number of ether oxygens (including phenoxy) is 1. The third kappa shape index (κ3) is 4.68. The van der Waals surface area contributed by atoms with Crippen LogP contribution in [0.15, 0.2) is 23.3 Å². The maximum absolute atomic E-state index is 10.8. The Morgan fingerprint density at radius 2 is 2.26 bits per heavy atom. The summed E-state index contributed by atoms with van der Waals surface area (Å²) in [7, 11) is 1.79. The molecule has 2 heterocycles. The van der Waals surface area contributed by atoms with Crippen LogP contribution in [0.2, 0.25) is 0 Å². The van der Waals surface area contributed by atoms with Crippen LogP contribution in [0.25, 0.3) is 0 Å². The molecular weight excluding hydrogens is 286 g/mol. The Hall–Kier alpha value is -0.640. The molecule has 23 heavy (non-hydrogen) atoms. The molecule has 2 fully saturated rings. The molecule has 3 heteroatoms. The molecule has 0 spiro atoms. The Balaban J connectivity index is 1.97. The third-order valence-corrected chi connectivity index (χ3v) is 5.57. The second-order valence-corrected chi connectivity index (χ2v) is 7.78. The fraction of sp³-hybridized carbons (Fsp3) is 0.800. The molecule has 0 radical (unpaired) electrons. The van der Waals surface area contributed by atoms with Crippen LogP contribution in [-0.2, 0) is 4.74 Å². The van der Waals surface area contributed by atoms with Crippen molar-refractivity contribution in [2.45, 2.75) is 77.5 Å². The van der Waals surface area contributed by atoms with Gasteiger partial charge in [-0.2, -0.15) is 0 Å². The van der Waals surface area contributed by atoms with E-state index in [1.807, 2.05) is 6.92 Å². The van der Waals surface area contributed by atoms with Gasteiger partial charge in [0.2, 0.25) is 0 Å². The first-order valence-corrected chi connectivity index (χ1v) is 9.22. The molecule has 2 aliphatic rings. The molecular formula is C20H35NO2. The summed E-state index contributed by atoms with van der Waals surface area (Å²) in [6.45, 7) is 10.8. The second kappa shape index (κ2) is 7.96. The minimum atomic E-state index is -0.560. The second-order valence-electron chi connectivity index (χ2n) is 7.78. The zero-order valence-electron chi connectivity index (χ0n) is 15.6. The van der Waals surface area contributed by atoms with Crippen molar-refractivity contribution in [2.75, 3.05) is 20.2 Å². The average Bonchev–Trinajstić information content (AvgIpc) is 2.95. The molecule has 0 aromatic rings. The molecule has 0 aromatic heterocycles. The Morgan fingerprint density at radius 3 is 2.91 bits per heavy atom. The van der Waals surface area contributed by atoms with Crippen LogP contribution in [0.4, 0.5) is 0 Å². The van der Waals surface area contributed by atoms with E-state index in [0.29, 0.717) is 12.0 Å². The summed E-state index contributed by atoms with van der Waals surface area (Å²) < 4.78 is 5.49. The van der Waals surface area contributed by atoms with Gasteiger partial charge < -0.3 is 9.84 Å². The van der Waals surface area contributed by atoms with E-state index >= 15 is 0 Å². The summed E-state index contributed by atoms with van der Waals surface area (Å²) in [6.07, 6.45) is 10.2. The van der Waals surface area contributed by atoms with Crippen molar-refractivity contribution in [2.24, 2.45) is 5.92 Å². The number of piperidine rings is 1. The molecule has 0 bridgehead atoms. The van der Waals surface area contributed by atoms with Gasteiger partial charge in [-0.25, -0.2) is 0 Å². The summed E-state index contributed by atoms with van der Waals surface area (Å²) >= 11 is 0. The quantitative estimate of drug-likeness (QED) is 0.752. The van der Waals surface area contributed by atoms with E-state index in [1.165, 1.54) is 17.6 Å². The van der Waals surface area contributed by atoms with Crippen molar-refractivity contribution < 1.29 is 9.84 Å². The highest BCUT2D eigenvalue weighted by Crippen LogP contribution is 2.37. The summed E-state index contributed by atoms with van der Waals surface area (Å²) in [5.41, 5.74) is 2.18. The number of methoxy groups -OCH3 is 1. The third-order valence-electron chi connectivity index (χ3n) is 5.57. The highest BCUT2D eigenvalue weighted by atomic mass is 16.5. The first-order valence-electron chi connectivity index (χ1n) is 9.22. The first kappa shape index (κ1) is 18.7. The number of rotatable bonds is 6. The largest absolute Gasteiger partial charge is 0.388 e. The number of aliphatic hydroxyl groups is 1. The van der Waals surface area contributed by atoms with Crippen molar-refractivity contribution in [1.82, 2.24) is 4.90 Å². The molecule has 2 aliphatic heterocycles. The van der Waals surface area contributed by atoms with Crippen LogP contribution in [0, 0.1) is 5.92 Å². The Morgan fingerprint density at radius 1 is 1.52 bits per heavy atom. The molecule has 0 saturated carbocycles. The van der Waals surface area contributed by atoms with Crippen LogP contribution in [0.1, 0.15) is 59.8 Å². The predicted molar refractivity (Wildman–Crippen MR) is 96.5 cm³/mol. The van der Waals surface area contributed by atoms with Crippen LogP contribution in [0.3, 0.4) is 0 Å². The predicted octanol–water partition coefficient (Wildman–Crippen LogP) is 3.93. The van der Waals surface area contributed by atoms with E-state index in [-0.39, 0.29) is 6.10 Å².